The Kier molecular flexibility index (Phi) is 7.50. The molecule has 9 aromatic rings. The van der Waals surface area contributed by atoms with Gasteiger partial charge in [-0.3, -0.25) is 5.32 Å². The van der Waals surface area contributed by atoms with Gasteiger partial charge in [-0.15, -0.1) is 11.3 Å². The molecule has 12 rings (SSSR count). The largest absolute Gasteiger partial charge is 0.456 e. The molecule has 57 heavy (non-hydrogen) atoms. The smallest absolute Gasteiger partial charge is 0.143 e. The fraction of sp³-hybridized carbons (Fsp3) is 0.118. The van der Waals surface area contributed by atoms with E-state index in [0.29, 0.717) is 0 Å². The van der Waals surface area contributed by atoms with Crippen LogP contribution in [0.4, 0.5) is 0 Å². The van der Waals surface area contributed by atoms with Crippen molar-refractivity contribution in [2.45, 2.75) is 31.6 Å². The van der Waals surface area contributed by atoms with Crippen LogP contribution in [-0.4, -0.2) is 22.7 Å². The minimum atomic E-state index is -0.0910. The first-order valence-corrected chi connectivity index (χ1v) is 20.8. The molecule has 0 amide bonds. The molecule has 3 aromatic heterocycles. The summed E-state index contributed by atoms with van der Waals surface area (Å²) in [7, 11) is 0. The van der Waals surface area contributed by atoms with Crippen LogP contribution in [0.25, 0.3) is 81.4 Å². The van der Waals surface area contributed by atoms with Crippen molar-refractivity contribution in [3.05, 3.63) is 174 Å². The van der Waals surface area contributed by atoms with E-state index in [9.17, 15) is 0 Å². The Hall–Kier alpha value is -6.47. The number of amidine groups is 1. The van der Waals surface area contributed by atoms with E-state index in [2.05, 4.69) is 179 Å². The Morgan fingerprint density at radius 2 is 1.49 bits per heavy atom. The molecule has 1 aliphatic heterocycles. The number of fused-ring (bicyclic) bond motifs is 9. The molecule has 0 radical (unpaired) electrons. The number of aromatic nitrogens is 1. The maximum atomic E-state index is 6.93. The second-order valence-corrected chi connectivity index (χ2v) is 16.5. The average Bonchev–Trinajstić information content (AvgIpc) is 3.96. The highest BCUT2D eigenvalue weighted by Crippen LogP contribution is 2.42. The first-order chi connectivity index (χ1) is 28.3. The maximum Gasteiger partial charge on any atom is 0.143 e. The molecule has 4 heterocycles. The molecule has 2 aliphatic carbocycles. The molecule has 6 aromatic carbocycles. The van der Waals surface area contributed by atoms with Crippen molar-refractivity contribution >= 4 is 81.8 Å². The normalized spacial score (nSPS) is 19.3. The highest BCUT2D eigenvalue weighted by atomic mass is 32.1. The number of benzene rings is 6. The maximum absolute atomic E-state index is 6.93. The minimum absolute atomic E-state index is 0.0530. The third kappa shape index (κ3) is 5.21. The van der Waals surface area contributed by atoms with Crippen LogP contribution in [0.3, 0.4) is 0 Å². The molecule has 0 saturated carbocycles. The van der Waals surface area contributed by atoms with E-state index in [1.807, 2.05) is 11.3 Å². The van der Waals surface area contributed by atoms with Crippen molar-refractivity contribution in [3.8, 4) is 16.8 Å². The number of aliphatic imine (C=N–C) groups is 1. The van der Waals surface area contributed by atoms with Gasteiger partial charge in [-0.05, 0) is 72.9 Å². The van der Waals surface area contributed by atoms with Gasteiger partial charge in [0.1, 0.15) is 29.2 Å². The molecular formula is C51H38N4OS. The zero-order chi connectivity index (χ0) is 37.5. The van der Waals surface area contributed by atoms with Crippen LogP contribution in [0.1, 0.15) is 24.8 Å². The van der Waals surface area contributed by atoms with E-state index in [0.717, 1.165) is 58.2 Å². The summed E-state index contributed by atoms with van der Waals surface area (Å²) >= 11 is 1.86. The average molecular weight is 755 g/mol. The van der Waals surface area contributed by atoms with Gasteiger partial charge in [0.05, 0.1) is 16.7 Å². The van der Waals surface area contributed by atoms with Gasteiger partial charge in [-0.25, -0.2) is 4.99 Å². The van der Waals surface area contributed by atoms with Crippen LogP contribution in [0.2, 0.25) is 0 Å². The van der Waals surface area contributed by atoms with Gasteiger partial charge in [-0.1, -0.05) is 121 Å². The summed E-state index contributed by atoms with van der Waals surface area (Å²) in [4.78, 5) is 5.24. The van der Waals surface area contributed by atoms with Crippen molar-refractivity contribution in [1.82, 2.24) is 15.2 Å². The number of allylic oxidation sites excluding steroid dienone is 3. The third-order valence-electron chi connectivity index (χ3n) is 12.1. The summed E-state index contributed by atoms with van der Waals surface area (Å²) in [6.45, 7) is 0. The summed E-state index contributed by atoms with van der Waals surface area (Å²) in [5.74, 6) is 1.21. The summed E-state index contributed by atoms with van der Waals surface area (Å²) in [6, 6.07) is 48.4. The molecule has 5 nitrogen and oxygen atoms in total. The van der Waals surface area contributed by atoms with Gasteiger partial charge >= 0.3 is 0 Å². The molecule has 6 heteroatoms. The van der Waals surface area contributed by atoms with Gasteiger partial charge in [-0.2, -0.15) is 0 Å². The standard InChI is InChI=1S/C51H38N4OS/c1-3-14-31(15-4-1)49-52-50(32-16-5-2-6-17-32)54-51(53-49)38-22-12-26-43-46(38)37-21-11-20-34(48(37)56-43)33-28-29-44-39(30-33)47-42(25-13-27-45(47)57-44)55-40-23-9-7-18-35(40)36-19-8-10-24-41(36)55/h1-11,13-16,18-21,23-30,32,50-51,54H,12,17,22H2,(H,52,53). The second-order valence-electron chi connectivity index (χ2n) is 15.4. The summed E-state index contributed by atoms with van der Waals surface area (Å²) in [5.41, 5.74) is 10.2. The molecule has 3 atom stereocenters. The second kappa shape index (κ2) is 13.1. The van der Waals surface area contributed by atoms with E-state index in [-0.39, 0.29) is 18.2 Å². The fourth-order valence-electron chi connectivity index (χ4n) is 9.51. The Labute approximate surface area is 333 Å². The molecule has 274 valence electrons. The van der Waals surface area contributed by atoms with Crippen LogP contribution in [0.15, 0.2) is 167 Å². The van der Waals surface area contributed by atoms with Crippen molar-refractivity contribution < 1.29 is 4.42 Å². The lowest BCUT2D eigenvalue weighted by Crippen LogP contribution is -2.58. The summed E-state index contributed by atoms with van der Waals surface area (Å²) < 4.78 is 11.9. The van der Waals surface area contributed by atoms with Gasteiger partial charge in [0, 0.05) is 58.6 Å². The molecule has 3 unspecified atom stereocenters. The number of thiophene rings is 1. The van der Waals surface area contributed by atoms with Crippen LogP contribution in [-0.2, 0) is 0 Å². The molecule has 0 saturated heterocycles. The highest BCUT2D eigenvalue weighted by molar-refractivity contribution is 7.25. The van der Waals surface area contributed by atoms with E-state index in [1.54, 1.807) is 0 Å². The predicted octanol–water partition coefficient (Wildman–Crippen LogP) is 10.7. The number of hydrogen-bond donors (Lipinski definition) is 2. The van der Waals surface area contributed by atoms with E-state index >= 15 is 0 Å². The van der Waals surface area contributed by atoms with Crippen molar-refractivity contribution in [2.75, 3.05) is 0 Å². The predicted molar refractivity (Wildman–Crippen MR) is 238 cm³/mol. The van der Waals surface area contributed by atoms with E-state index < -0.39 is 0 Å². The minimum Gasteiger partial charge on any atom is -0.456 e. The highest BCUT2D eigenvalue weighted by Gasteiger charge is 2.31. The van der Waals surface area contributed by atoms with Crippen LogP contribution >= 0.6 is 11.3 Å². The molecule has 0 bridgehead atoms. The topological polar surface area (TPSA) is 54.5 Å². The Balaban J connectivity index is 1.02. The monoisotopic (exact) mass is 754 g/mol. The first-order valence-electron chi connectivity index (χ1n) is 19.9. The van der Waals surface area contributed by atoms with E-state index in [4.69, 9.17) is 9.41 Å². The summed E-state index contributed by atoms with van der Waals surface area (Å²) in [5, 5.41) is 15.2. The lowest BCUT2D eigenvalue weighted by molar-refractivity contribution is 0.367. The number of para-hydroxylation sites is 3. The Morgan fingerprint density at radius 3 is 2.32 bits per heavy atom. The number of nitrogens with one attached hydrogen (secondary N) is 2. The number of rotatable bonds is 5. The van der Waals surface area contributed by atoms with Gasteiger partial charge in [0.2, 0.25) is 0 Å². The number of nitrogens with zero attached hydrogens (tertiary/aromatic N) is 2. The van der Waals surface area contributed by atoms with Gasteiger partial charge in [0.15, 0.2) is 0 Å². The lowest BCUT2D eigenvalue weighted by Gasteiger charge is -2.36. The lowest BCUT2D eigenvalue weighted by atomic mass is 9.93. The Bertz CT molecular complexity index is 3250. The fourth-order valence-corrected chi connectivity index (χ4v) is 10.6. The van der Waals surface area contributed by atoms with E-state index in [1.165, 1.54) is 58.5 Å². The van der Waals surface area contributed by atoms with Crippen molar-refractivity contribution in [1.29, 1.82) is 0 Å². The van der Waals surface area contributed by atoms with Crippen LogP contribution in [0, 0.1) is 5.92 Å². The molecule has 0 spiro atoms. The van der Waals surface area contributed by atoms with Crippen molar-refractivity contribution in [3.63, 3.8) is 0 Å². The Morgan fingerprint density at radius 1 is 0.702 bits per heavy atom. The van der Waals surface area contributed by atoms with Gasteiger partial charge < -0.3 is 14.3 Å². The zero-order valence-electron chi connectivity index (χ0n) is 31.2. The summed E-state index contributed by atoms with van der Waals surface area (Å²) in [6.07, 6.45) is 13.8. The third-order valence-corrected chi connectivity index (χ3v) is 13.3. The molecule has 0 fully saturated rings. The van der Waals surface area contributed by atoms with Crippen LogP contribution in [0.5, 0.6) is 0 Å². The first kappa shape index (κ1) is 32.7. The SMILES string of the molecule is C1=CCC(C2N=C(c3ccccc3)NC(C3=c4c(oc5c(-c6ccc7sc8cccc(-n9c%10ccccc%10c%10ccccc%109)c8c7c6)cccc45)=CCC3)N2)C=C1. The quantitative estimate of drug-likeness (QED) is 0.184. The molecule has 3 aliphatic rings. The van der Waals surface area contributed by atoms with Gasteiger partial charge in [0.25, 0.3) is 0 Å². The number of furan rings is 1. The van der Waals surface area contributed by atoms with Crippen molar-refractivity contribution in [2.24, 2.45) is 10.9 Å². The van der Waals surface area contributed by atoms with Crippen LogP contribution < -0.4 is 21.3 Å². The molecular weight excluding hydrogens is 717 g/mol. The zero-order valence-corrected chi connectivity index (χ0v) is 32.0. The molecule has 2 N–H and O–H groups in total. The number of hydrogen-bond acceptors (Lipinski definition) is 5.